The number of hydrogen-bond donors (Lipinski definition) is 1. The summed E-state index contributed by atoms with van der Waals surface area (Å²) in [5.74, 6) is 1.10. The van der Waals surface area contributed by atoms with Crippen molar-refractivity contribution < 1.29 is 14.1 Å². The fourth-order valence-corrected chi connectivity index (χ4v) is 4.04. The Morgan fingerprint density at radius 2 is 2.03 bits per heavy atom. The Labute approximate surface area is 208 Å². The number of nitrogens with one attached hydrogen (secondary N) is 1. The summed E-state index contributed by atoms with van der Waals surface area (Å²) in [6.07, 6.45) is 1.75. The summed E-state index contributed by atoms with van der Waals surface area (Å²) in [6, 6.07) is 12.9. The van der Waals surface area contributed by atoms with Gasteiger partial charge in [0, 0.05) is 16.2 Å². The number of aryl methyl sites for hydroxylation is 2. The molecule has 0 aliphatic rings. The van der Waals surface area contributed by atoms with E-state index in [-0.39, 0.29) is 12.3 Å². The molecule has 0 atom stereocenters. The predicted octanol–water partition coefficient (Wildman–Crippen LogP) is 6.44. The molecule has 4 rings (SSSR count). The first-order valence-electron chi connectivity index (χ1n) is 9.93. The highest BCUT2D eigenvalue weighted by Crippen LogP contribution is 2.26. The van der Waals surface area contributed by atoms with Crippen LogP contribution in [0.4, 0.5) is 5.82 Å². The largest absolute Gasteiger partial charge is 0.489 e. The normalized spacial score (nSPS) is 10.9. The molecule has 2 heterocycles. The van der Waals surface area contributed by atoms with Gasteiger partial charge in [0.05, 0.1) is 16.6 Å². The molecule has 0 radical (unpaired) electrons. The fraction of sp³-hybridized carbons (Fsp3) is 0.174. The number of halogens is 3. The van der Waals surface area contributed by atoms with E-state index in [1.54, 1.807) is 29.9 Å². The van der Waals surface area contributed by atoms with Crippen LogP contribution in [-0.2, 0) is 13.2 Å². The van der Waals surface area contributed by atoms with Crippen molar-refractivity contribution in [1.82, 2.24) is 14.9 Å². The number of rotatable bonds is 7. The third-order valence-electron chi connectivity index (χ3n) is 4.87. The lowest BCUT2D eigenvalue weighted by Crippen LogP contribution is -2.16. The molecule has 33 heavy (non-hydrogen) atoms. The van der Waals surface area contributed by atoms with E-state index < -0.39 is 5.91 Å². The second kappa shape index (κ2) is 9.99. The highest BCUT2D eigenvalue weighted by Gasteiger charge is 2.22. The number of ether oxygens (including phenoxy) is 1. The number of hydrogen-bond acceptors (Lipinski definition) is 5. The summed E-state index contributed by atoms with van der Waals surface area (Å²) in [5.41, 5.74) is 2.63. The van der Waals surface area contributed by atoms with E-state index in [0.717, 1.165) is 11.1 Å². The second-order valence-corrected chi connectivity index (χ2v) is 9.08. The summed E-state index contributed by atoms with van der Waals surface area (Å²) >= 11 is 15.6. The summed E-state index contributed by atoms with van der Waals surface area (Å²) in [4.78, 5) is 12.9. The number of anilines is 1. The van der Waals surface area contributed by atoms with Crippen LogP contribution in [0.25, 0.3) is 0 Å². The highest BCUT2D eigenvalue weighted by molar-refractivity contribution is 9.10. The fourth-order valence-electron chi connectivity index (χ4n) is 3.15. The van der Waals surface area contributed by atoms with Gasteiger partial charge >= 0.3 is 0 Å². The van der Waals surface area contributed by atoms with Crippen molar-refractivity contribution in [2.24, 2.45) is 0 Å². The van der Waals surface area contributed by atoms with Crippen LogP contribution in [0.3, 0.4) is 0 Å². The molecule has 0 unspecified atom stereocenters. The average molecular weight is 550 g/mol. The van der Waals surface area contributed by atoms with Gasteiger partial charge in [0.25, 0.3) is 5.91 Å². The Bertz CT molecular complexity index is 1320. The van der Waals surface area contributed by atoms with Gasteiger partial charge in [-0.05, 0) is 65.2 Å². The van der Waals surface area contributed by atoms with Gasteiger partial charge in [0.15, 0.2) is 11.5 Å². The molecule has 170 valence electrons. The van der Waals surface area contributed by atoms with E-state index >= 15 is 0 Å². The number of benzene rings is 2. The maximum absolute atomic E-state index is 12.9. The minimum absolute atomic E-state index is 0.141. The van der Waals surface area contributed by atoms with Crippen LogP contribution in [0.5, 0.6) is 5.75 Å². The van der Waals surface area contributed by atoms with Crippen LogP contribution in [0, 0.1) is 13.8 Å². The molecular weight excluding hydrogens is 531 g/mol. The first-order valence-corrected chi connectivity index (χ1v) is 11.5. The zero-order valence-corrected chi connectivity index (χ0v) is 20.8. The van der Waals surface area contributed by atoms with Crippen LogP contribution in [-0.4, -0.2) is 20.8 Å². The quantitative estimate of drug-likeness (QED) is 0.287. The number of carbonyl (C=O) groups is 1. The molecule has 1 N–H and O–H groups in total. The summed E-state index contributed by atoms with van der Waals surface area (Å²) in [5, 5.41) is 12.2. The summed E-state index contributed by atoms with van der Waals surface area (Å²) in [6.45, 7) is 4.27. The maximum atomic E-state index is 12.9. The Morgan fingerprint density at radius 1 is 1.21 bits per heavy atom. The SMILES string of the molecule is Cc1cccc(OCc2c(C(=O)Nc3nn(Cc4ccc(Cl)cc4Cl)cc3Br)noc2C)c1. The molecule has 2 aromatic carbocycles. The van der Waals surface area contributed by atoms with E-state index in [0.29, 0.717) is 44.0 Å². The van der Waals surface area contributed by atoms with Crippen LogP contribution >= 0.6 is 39.1 Å². The molecule has 0 aliphatic heterocycles. The molecule has 10 heteroatoms. The minimum atomic E-state index is -0.454. The number of amides is 1. The first-order chi connectivity index (χ1) is 15.8. The van der Waals surface area contributed by atoms with Crippen LogP contribution in [0.1, 0.15) is 32.9 Å². The summed E-state index contributed by atoms with van der Waals surface area (Å²) < 4.78 is 13.4. The van der Waals surface area contributed by atoms with Gasteiger partial charge in [0.1, 0.15) is 18.1 Å². The lowest BCUT2D eigenvalue weighted by atomic mass is 10.2. The van der Waals surface area contributed by atoms with E-state index in [1.165, 1.54) is 0 Å². The molecule has 0 spiro atoms. The van der Waals surface area contributed by atoms with E-state index in [2.05, 4.69) is 31.5 Å². The minimum Gasteiger partial charge on any atom is -0.489 e. The van der Waals surface area contributed by atoms with Gasteiger partial charge in [0.2, 0.25) is 0 Å². The highest BCUT2D eigenvalue weighted by atomic mass is 79.9. The predicted molar refractivity (Wildman–Crippen MR) is 130 cm³/mol. The average Bonchev–Trinajstić information content (AvgIpc) is 3.30. The Morgan fingerprint density at radius 3 is 2.79 bits per heavy atom. The van der Waals surface area contributed by atoms with Crippen LogP contribution in [0.15, 0.2) is 57.7 Å². The monoisotopic (exact) mass is 548 g/mol. The van der Waals surface area contributed by atoms with Crippen molar-refractivity contribution in [3.63, 3.8) is 0 Å². The van der Waals surface area contributed by atoms with E-state index in [9.17, 15) is 4.79 Å². The van der Waals surface area contributed by atoms with Crippen molar-refractivity contribution in [2.45, 2.75) is 27.0 Å². The van der Waals surface area contributed by atoms with E-state index in [1.807, 2.05) is 37.3 Å². The smallest absolute Gasteiger partial charge is 0.279 e. The number of nitrogens with zero attached hydrogens (tertiary/aromatic N) is 3. The van der Waals surface area contributed by atoms with Crippen molar-refractivity contribution >= 4 is 50.9 Å². The van der Waals surface area contributed by atoms with Gasteiger partial charge < -0.3 is 14.6 Å². The third-order valence-corrected chi connectivity index (χ3v) is 6.04. The molecule has 0 aliphatic carbocycles. The molecule has 7 nitrogen and oxygen atoms in total. The Kier molecular flexibility index (Phi) is 7.07. The second-order valence-electron chi connectivity index (χ2n) is 7.38. The lowest BCUT2D eigenvalue weighted by molar-refractivity contribution is 0.101. The van der Waals surface area contributed by atoms with Crippen molar-refractivity contribution in [3.05, 3.63) is 91.3 Å². The molecular formula is C23H19BrCl2N4O3. The molecule has 0 saturated heterocycles. The summed E-state index contributed by atoms with van der Waals surface area (Å²) in [7, 11) is 0. The van der Waals surface area contributed by atoms with Gasteiger partial charge in [-0.25, -0.2) is 0 Å². The number of carbonyl (C=O) groups excluding carboxylic acids is 1. The van der Waals surface area contributed by atoms with Crippen LogP contribution < -0.4 is 10.1 Å². The Hall–Kier alpha value is -2.81. The molecule has 1 amide bonds. The standard InChI is InChI=1S/C23H19BrCl2N4O3/c1-13-4-3-5-17(8-13)32-12-18-14(2)33-29-21(18)23(31)27-22-19(24)11-30(28-22)10-15-6-7-16(25)9-20(15)26/h3-9,11H,10,12H2,1-2H3,(H,27,28,31). The Balaban J connectivity index is 1.47. The molecule has 0 fully saturated rings. The molecule has 0 bridgehead atoms. The van der Waals surface area contributed by atoms with Crippen molar-refractivity contribution in [1.29, 1.82) is 0 Å². The van der Waals surface area contributed by atoms with E-state index in [4.69, 9.17) is 32.5 Å². The third kappa shape index (κ3) is 5.58. The van der Waals surface area contributed by atoms with Crippen LogP contribution in [0.2, 0.25) is 10.0 Å². The first kappa shape index (κ1) is 23.4. The van der Waals surface area contributed by atoms with Crippen molar-refractivity contribution in [2.75, 3.05) is 5.32 Å². The zero-order valence-electron chi connectivity index (χ0n) is 17.7. The maximum Gasteiger partial charge on any atom is 0.279 e. The molecule has 2 aromatic heterocycles. The van der Waals surface area contributed by atoms with Gasteiger partial charge in [-0.2, -0.15) is 5.10 Å². The van der Waals surface area contributed by atoms with Gasteiger partial charge in [-0.3, -0.25) is 9.48 Å². The van der Waals surface area contributed by atoms with Gasteiger partial charge in [-0.15, -0.1) is 0 Å². The topological polar surface area (TPSA) is 82.2 Å². The molecule has 0 saturated carbocycles. The molecule has 4 aromatic rings. The van der Waals surface area contributed by atoms with Crippen molar-refractivity contribution in [3.8, 4) is 5.75 Å². The van der Waals surface area contributed by atoms with Gasteiger partial charge in [-0.1, -0.05) is 46.6 Å². The lowest BCUT2D eigenvalue weighted by Gasteiger charge is -2.07. The number of aromatic nitrogens is 3. The zero-order chi connectivity index (χ0) is 23.5.